The van der Waals surface area contributed by atoms with Crippen molar-refractivity contribution in [2.24, 2.45) is 0 Å². The Balaban J connectivity index is 2.69. The first-order valence-electron chi connectivity index (χ1n) is 5.25. The lowest BCUT2D eigenvalue weighted by Crippen LogP contribution is -2.21. The molecule has 0 saturated heterocycles. The highest BCUT2D eigenvalue weighted by molar-refractivity contribution is 7.98. The molecule has 1 rings (SSSR count). The minimum atomic E-state index is -0.153. The number of rotatable bonds is 6. The minimum Gasteiger partial charge on any atom is -0.310 e. The third-order valence-corrected chi connectivity index (χ3v) is 2.96. The van der Waals surface area contributed by atoms with Crippen molar-refractivity contribution in [3.8, 4) is 0 Å². The molecule has 1 aromatic carbocycles. The van der Waals surface area contributed by atoms with E-state index in [1.165, 1.54) is 6.07 Å². The maximum absolute atomic E-state index is 13.1. The van der Waals surface area contributed by atoms with Gasteiger partial charge in [-0.15, -0.1) is 0 Å². The number of nitrogens with one attached hydrogen (secondary N) is 1. The summed E-state index contributed by atoms with van der Waals surface area (Å²) in [5.41, 5.74) is 1.05. The second-order valence-corrected chi connectivity index (χ2v) is 4.43. The average Bonchev–Trinajstić information content (AvgIpc) is 2.24. The highest BCUT2D eigenvalue weighted by Gasteiger charge is 2.09. The van der Waals surface area contributed by atoms with E-state index in [-0.39, 0.29) is 11.9 Å². The lowest BCUT2D eigenvalue weighted by molar-refractivity contribution is 0.535. The zero-order valence-electron chi connectivity index (χ0n) is 9.29. The van der Waals surface area contributed by atoms with Gasteiger partial charge in [0.25, 0.3) is 0 Å². The van der Waals surface area contributed by atoms with Gasteiger partial charge in [-0.3, -0.25) is 0 Å². The van der Waals surface area contributed by atoms with E-state index in [9.17, 15) is 4.39 Å². The van der Waals surface area contributed by atoms with Crippen LogP contribution in [0.4, 0.5) is 4.39 Å². The summed E-state index contributed by atoms with van der Waals surface area (Å²) in [6, 6.07) is 7.14. The summed E-state index contributed by atoms with van der Waals surface area (Å²) in [6.07, 6.45) is 3.13. The Hall–Kier alpha value is -0.540. The second-order valence-electron chi connectivity index (χ2n) is 3.45. The standard InChI is InChI=1S/C12H18FNS/c1-3-14-12(7-8-15-2)10-5-4-6-11(13)9-10/h4-6,9,12,14H,3,7-8H2,1-2H3. The molecule has 0 aliphatic heterocycles. The Kier molecular flexibility index (Phi) is 5.73. The summed E-state index contributed by atoms with van der Waals surface area (Å²) in [4.78, 5) is 0. The van der Waals surface area contributed by atoms with Gasteiger partial charge in [-0.2, -0.15) is 11.8 Å². The van der Waals surface area contributed by atoms with Gasteiger partial charge in [0.2, 0.25) is 0 Å². The SMILES string of the molecule is CCNC(CCSC)c1cccc(F)c1. The fraction of sp³-hybridized carbons (Fsp3) is 0.500. The molecule has 1 N–H and O–H groups in total. The first-order chi connectivity index (χ1) is 7.27. The monoisotopic (exact) mass is 227 g/mol. The first kappa shape index (κ1) is 12.5. The van der Waals surface area contributed by atoms with Crippen LogP contribution in [0, 0.1) is 5.82 Å². The van der Waals surface area contributed by atoms with Gasteiger partial charge < -0.3 is 5.32 Å². The number of hydrogen-bond acceptors (Lipinski definition) is 2. The zero-order chi connectivity index (χ0) is 11.1. The van der Waals surface area contributed by atoms with Gasteiger partial charge in [0.05, 0.1) is 0 Å². The minimum absolute atomic E-state index is 0.153. The number of thioether (sulfide) groups is 1. The predicted octanol–water partition coefficient (Wildman–Crippen LogP) is 3.23. The number of benzene rings is 1. The Labute approximate surface area is 95.5 Å². The summed E-state index contributed by atoms with van der Waals surface area (Å²) in [5.74, 6) is 0.938. The van der Waals surface area contributed by atoms with Gasteiger partial charge in [0.15, 0.2) is 0 Å². The number of halogens is 1. The molecule has 0 aromatic heterocycles. The van der Waals surface area contributed by atoms with E-state index >= 15 is 0 Å². The second kappa shape index (κ2) is 6.85. The van der Waals surface area contributed by atoms with E-state index in [0.717, 1.165) is 24.3 Å². The summed E-state index contributed by atoms with van der Waals surface area (Å²) >= 11 is 1.82. The molecule has 0 aliphatic rings. The molecule has 0 bridgehead atoms. The molecule has 1 nitrogen and oxygen atoms in total. The van der Waals surface area contributed by atoms with Crippen molar-refractivity contribution in [1.29, 1.82) is 0 Å². The summed E-state index contributed by atoms with van der Waals surface area (Å²) in [6.45, 7) is 2.99. The molecule has 0 saturated carbocycles. The summed E-state index contributed by atoms with van der Waals surface area (Å²) in [5, 5.41) is 3.38. The van der Waals surface area contributed by atoms with E-state index in [2.05, 4.69) is 18.5 Å². The maximum Gasteiger partial charge on any atom is 0.123 e. The summed E-state index contributed by atoms with van der Waals surface area (Å²) in [7, 11) is 0. The van der Waals surface area contributed by atoms with Crippen LogP contribution in [-0.2, 0) is 0 Å². The molecule has 0 heterocycles. The topological polar surface area (TPSA) is 12.0 Å². The van der Waals surface area contributed by atoms with E-state index in [4.69, 9.17) is 0 Å². The molecule has 15 heavy (non-hydrogen) atoms. The Morgan fingerprint density at radius 1 is 1.47 bits per heavy atom. The molecule has 0 amide bonds. The van der Waals surface area contributed by atoms with Crippen LogP contribution in [0.25, 0.3) is 0 Å². The molecule has 0 aliphatic carbocycles. The van der Waals surface area contributed by atoms with Gasteiger partial charge >= 0.3 is 0 Å². The van der Waals surface area contributed by atoms with E-state index in [0.29, 0.717) is 0 Å². The van der Waals surface area contributed by atoms with Crippen LogP contribution in [0.5, 0.6) is 0 Å². The lowest BCUT2D eigenvalue weighted by Gasteiger charge is -2.17. The van der Waals surface area contributed by atoms with Crippen LogP contribution < -0.4 is 5.32 Å². The molecule has 0 radical (unpaired) electrons. The molecular weight excluding hydrogens is 209 g/mol. The largest absolute Gasteiger partial charge is 0.310 e. The zero-order valence-corrected chi connectivity index (χ0v) is 10.1. The Morgan fingerprint density at radius 2 is 2.27 bits per heavy atom. The van der Waals surface area contributed by atoms with Crippen molar-refractivity contribution in [3.05, 3.63) is 35.6 Å². The van der Waals surface area contributed by atoms with E-state index < -0.39 is 0 Å². The highest BCUT2D eigenvalue weighted by atomic mass is 32.2. The van der Waals surface area contributed by atoms with Gasteiger partial charge in [-0.05, 0) is 42.7 Å². The molecule has 84 valence electrons. The smallest absolute Gasteiger partial charge is 0.123 e. The van der Waals surface area contributed by atoms with Gasteiger partial charge in [-0.1, -0.05) is 19.1 Å². The number of hydrogen-bond donors (Lipinski definition) is 1. The average molecular weight is 227 g/mol. The fourth-order valence-electron chi connectivity index (χ4n) is 1.59. The van der Waals surface area contributed by atoms with Crippen LogP contribution in [0.3, 0.4) is 0 Å². The van der Waals surface area contributed by atoms with Crippen molar-refractivity contribution < 1.29 is 4.39 Å². The molecule has 1 unspecified atom stereocenters. The van der Waals surface area contributed by atoms with Gasteiger partial charge in [-0.25, -0.2) is 4.39 Å². The van der Waals surface area contributed by atoms with Crippen molar-refractivity contribution >= 4 is 11.8 Å². The lowest BCUT2D eigenvalue weighted by atomic mass is 10.0. The van der Waals surface area contributed by atoms with Crippen LogP contribution in [-0.4, -0.2) is 18.6 Å². The van der Waals surface area contributed by atoms with Crippen molar-refractivity contribution in [1.82, 2.24) is 5.32 Å². The quantitative estimate of drug-likeness (QED) is 0.800. The Bertz CT molecular complexity index is 291. The maximum atomic E-state index is 13.1. The fourth-order valence-corrected chi connectivity index (χ4v) is 2.06. The van der Waals surface area contributed by atoms with Crippen LogP contribution in [0.15, 0.2) is 24.3 Å². The van der Waals surface area contributed by atoms with Crippen molar-refractivity contribution in [3.63, 3.8) is 0 Å². The van der Waals surface area contributed by atoms with Crippen LogP contribution >= 0.6 is 11.8 Å². The van der Waals surface area contributed by atoms with Crippen molar-refractivity contribution in [2.45, 2.75) is 19.4 Å². The molecule has 0 spiro atoms. The first-order valence-corrected chi connectivity index (χ1v) is 6.65. The van der Waals surface area contributed by atoms with Gasteiger partial charge in [0, 0.05) is 6.04 Å². The van der Waals surface area contributed by atoms with Crippen molar-refractivity contribution in [2.75, 3.05) is 18.6 Å². The highest BCUT2D eigenvalue weighted by Crippen LogP contribution is 2.19. The van der Waals surface area contributed by atoms with E-state index in [1.807, 2.05) is 17.8 Å². The molecular formula is C12H18FNS. The Morgan fingerprint density at radius 3 is 2.87 bits per heavy atom. The molecule has 1 aromatic rings. The van der Waals surface area contributed by atoms with Gasteiger partial charge in [0.1, 0.15) is 5.82 Å². The van der Waals surface area contributed by atoms with E-state index in [1.54, 1.807) is 12.1 Å². The summed E-state index contributed by atoms with van der Waals surface area (Å²) < 4.78 is 13.1. The third-order valence-electron chi connectivity index (χ3n) is 2.31. The van der Waals surface area contributed by atoms with Crippen LogP contribution in [0.1, 0.15) is 24.9 Å². The molecule has 3 heteroatoms. The molecule has 0 fully saturated rings. The predicted molar refractivity (Wildman–Crippen MR) is 65.8 cm³/mol. The van der Waals surface area contributed by atoms with Crippen LogP contribution in [0.2, 0.25) is 0 Å². The third kappa shape index (κ3) is 4.22. The normalized spacial score (nSPS) is 12.7. The molecule has 1 atom stereocenters.